The number of hydrogen-bond donors (Lipinski definition) is 1. The van der Waals surface area contributed by atoms with E-state index in [1.165, 1.54) is 0 Å². The molecule has 5 nitrogen and oxygen atoms in total. The lowest BCUT2D eigenvalue weighted by molar-refractivity contribution is -0.128. The number of nitrogens with one attached hydrogen (secondary N) is 1. The zero-order chi connectivity index (χ0) is 16.2. The van der Waals surface area contributed by atoms with Gasteiger partial charge in [0.25, 0.3) is 5.91 Å². The van der Waals surface area contributed by atoms with Gasteiger partial charge in [-0.3, -0.25) is 9.59 Å². The summed E-state index contributed by atoms with van der Waals surface area (Å²) in [6.07, 6.45) is 3.80. The first-order chi connectivity index (χ1) is 11.2. The second-order valence-corrected chi connectivity index (χ2v) is 6.49. The monoisotopic (exact) mass is 315 g/mol. The van der Waals surface area contributed by atoms with Gasteiger partial charge in [0.05, 0.1) is 0 Å². The molecule has 0 aliphatic carbocycles. The average Bonchev–Trinajstić information content (AvgIpc) is 3.00. The molecule has 1 aromatic rings. The molecule has 0 radical (unpaired) electrons. The minimum absolute atomic E-state index is 0.105. The first-order valence-corrected chi connectivity index (χ1v) is 8.50. The van der Waals surface area contributed by atoms with E-state index in [0.29, 0.717) is 19.0 Å². The molecule has 0 spiro atoms. The Morgan fingerprint density at radius 3 is 2.65 bits per heavy atom. The topological polar surface area (TPSA) is 52.7 Å². The van der Waals surface area contributed by atoms with Gasteiger partial charge in [-0.25, -0.2) is 0 Å². The van der Waals surface area contributed by atoms with E-state index >= 15 is 0 Å². The van der Waals surface area contributed by atoms with Crippen LogP contribution in [0, 0.1) is 0 Å². The molecule has 0 saturated carbocycles. The van der Waals surface area contributed by atoms with Gasteiger partial charge in [-0.15, -0.1) is 0 Å². The summed E-state index contributed by atoms with van der Waals surface area (Å²) in [6, 6.07) is 8.12. The second-order valence-electron chi connectivity index (χ2n) is 6.49. The normalized spacial score (nSPS) is 21.8. The summed E-state index contributed by atoms with van der Waals surface area (Å²) in [4.78, 5) is 28.1. The van der Waals surface area contributed by atoms with Crippen molar-refractivity contribution in [1.29, 1.82) is 0 Å². The zero-order valence-corrected chi connectivity index (χ0v) is 13.8. The van der Waals surface area contributed by atoms with Crippen molar-refractivity contribution in [3.05, 3.63) is 35.4 Å². The molecule has 0 unspecified atom stereocenters. The van der Waals surface area contributed by atoms with Crippen LogP contribution in [0.25, 0.3) is 0 Å². The highest BCUT2D eigenvalue weighted by Crippen LogP contribution is 2.17. The molecular weight excluding hydrogens is 290 g/mol. The van der Waals surface area contributed by atoms with Crippen molar-refractivity contribution in [3.8, 4) is 0 Å². The molecule has 1 atom stereocenters. The van der Waals surface area contributed by atoms with Gasteiger partial charge >= 0.3 is 0 Å². The summed E-state index contributed by atoms with van der Waals surface area (Å²) < 4.78 is 0. The lowest BCUT2D eigenvalue weighted by Gasteiger charge is -2.32. The standard InChI is InChI=1S/C18H25N3O2/c1-19-16-4-2-11-21(13-16)18(23)15-8-6-14(7-9-15)12-20-10-3-5-17(20)22/h6-9,16,19H,2-5,10-13H2,1H3/t16-/m1/s1. The van der Waals surface area contributed by atoms with Crippen molar-refractivity contribution in [2.24, 2.45) is 0 Å². The number of likely N-dealkylation sites (tertiary alicyclic amines) is 2. The Bertz CT molecular complexity index is 570. The van der Waals surface area contributed by atoms with Crippen LogP contribution in [0.4, 0.5) is 0 Å². The molecule has 1 N–H and O–H groups in total. The van der Waals surface area contributed by atoms with Crippen LogP contribution >= 0.6 is 0 Å². The first-order valence-electron chi connectivity index (χ1n) is 8.50. The van der Waals surface area contributed by atoms with Gasteiger partial charge in [-0.05, 0) is 44.0 Å². The number of benzene rings is 1. The summed E-state index contributed by atoms with van der Waals surface area (Å²) in [5.41, 5.74) is 1.82. The van der Waals surface area contributed by atoms with Crippen molar-refractivity contribution in [1.82, 2.24) is 15.1 Å². The summed E-state index contributed by atoms with van der Waals surface area (Å²) in [5, 5.41) is 3.26. The Kier molecular flexibility index (Phi) is 4.96. The van der Waals surface area contributed by atoms with E-state index in [0.717, 1.165) is 50.0 Å². The van der Waals surface area contributed by atoms with Gasteiger partial charge in [0, 0.05) is 44.2 Å². The molecule has 1 aromatic carbocycles. The number of nitrogens with zero attached hydrogens (tertiary/aromatic N) is 2. The van der Waals surface area contributed by atoms with Gasteiger partial charge in [0.2, 0.25) is 5.91 Å². The summed E-state index contributed by atoms with van der Waals surface area (Å²) >= 11 is 0. The lowest BCUT2D eigenvalue weighted by atomic mass is 10.0. The van der Waals surface area contributed by atoms with Gasteiger partial charge in [0.1, 0.15) is 0 Å². The number of piperidine rings is 1. The van der Waals surface area contributed by atoms with E-state index in [1.807, 2.05) is 41.1 Å². The van der Waals surface area contributed by atoms with Crippen LogP contribution in [0.1, 0.15) is 41.6 Å². The molecule has 3 rings (SSSR count). The highest BCUT2D eigenvalue weighted by molar-refractivity contribution is 5.94. The predicted molar refractivity (Wildman–Crippen MR) is 89.1 cm³/mol. The van der Waals surface area contributed by atoms with E-state index in [-0.39, 0.29) is 11.8 Å². The van der Waals surface area contributed by atoms with Crippen LogP contribution in [-0.4, -0.2) is 54.3 Å². The molecule has 2 aliphatic heterocycles. The van der Waals surface area contributed by atoms with Crippen molar-refractivity contribution in [2.45, 2.75) is 38.3 Å². The summed E-state index contributed by atoms with van der Waals surface area (Å²) in [7, 11) is 1.95. The quantitative estimate of drug-likeness (QED) is 0.919. The fourth-order valence-corrected chi connectivity index (χ4v) is 3.42. The molecule has 2 amide bonds. The Morgan fingerprint density at radius 2 is 2.00 bits per heavy atom. The third kappa shape index (κ3) is 3.72. The maximum Gasteiger partial charge on any atom is 0.253 e. The van der Waals surface area contributed by atoms with Gasteiger partial charge < -0.3 is 15.1 Å². The number of amides is 2. The molecule has 124 valence electrons. The number of carbonyl (C=O) groups excluding carboxylic acids is 2. The van der Waals surface area contributed by atoms with E-state index in [1.54, 1.807) is 0 Å². The Hall–Kier alpha value is -1.88. The molecule has 2 fully saturated rings. The van der Waals surface area contributed by atoms with E-state index < -0.39 is 0 Å². The van der Waals surface area contributed by atoms with Crippen LogP contribution in [-0.2, 0) is 11.3 Å². The maximum absolute atomic E-state index is 12.6. The fraction of sp³-hybridized carbons (Fsp3) is 0.556. The average molecular weight is 315 g/mol. The minimum atomic E-state index is 0.105. The van der Waals surface area contributed by atoms with Crippen molar-refractivity contribution in [2.75, 3.05) is 26.7 Å². The lowest BCUT2D eigenvalue weighted by Crippen LogP contribution is -2.46. The highest BCUT2D eigenvalue weighted by Gasteiger charge is 2.24. The van der Waals surface area contributed by atoms with Crippen molar-refractivity contribution in [3.63, 3.8) is 0 Å². The SMILES string of the molecule is CN[C@@H]1CCCN(C(=O)c2ccc(CN3CCCC3=O)cc2)C1. The smallest absolute Gasteiger partial charge is 0.253 e. The van der Waals surface area contributed by atoms with Gasteiger partial charge in [-0.1, -0.05) is 12.1 Å². The molecule has 0 aromatic heterocycles. The fourth-order valence-electron chi connectivity index (χ4n) is 3.42. The number of hydrogen-bond acceptors (Lipinski definition) is 3. The predicted octanol–water partition coefficient (Wildman–Crippen LogP) is 1.63. The molecule has 5 heteroatoms. The van der Waals surface area contributed by atoms with Crippen LogP contribution in [0.15, 0.2) is 24.3 Å². The first kappa shape index (κ1) is 16.0. The van der Waals surface area contributed by atoms with Crippen molar-refractivity contribution < 1.29 is 9.59 Å². The molecule has 0 bridgehead atoms. The molecule has 2 aliphatic rings. The molecule has 2 saturated heterocycles. The van der Waals surface area contributed by atoms with Gasteiger partial charge in [0.15, 0.2) is 0 Å². The summed E-state index contributed by atoms with van der Waals surface area (Å²) in [5.74, 6) is 0.338. The van der Waals surface area contributed by atoms with Crippen LogP contribution in [0.3, 0.4) is 0 Å². The molecule has 23 heavy (non-hydrogen) atoms. The van der Waals surface area contributed by atoms with E-state index in [4.69, 9.17) is 0 Å². The Balaban J connectivity index is 1.62. The summed E-state index contributed by atoms with van der Waals surface area (Å²) in [6.45, 7) is 3.11. The Morgan fingerprint density at radius 1 is 1.22 bits per heavy atom. The van der Waals surface area contributed by atoms with E-state index in [2.05, 4.69) is 5.32 Å². The third-order valence-corrected chi connectivity index (χ3v) is 4.86. The number of carbonyl (C=O) groups is 2. The third-order valence-electron chi connectivity index (χ3n) is 4.86. The minimum Gasteiger partial charge on any atom is -0.338 e. The Labute approximate surface area is 137 Å². The van der Waals surface area contributed by atoms with Gasteiger partial charge in [-0.2, -0.15) is 0 Å². The highest BCUT2D eigenvalue weighted by atomic mass is 16.2. The maximum atomic E-state index is 12.6. The largest absolute Gasteiger partial charge is 0.338 e. The zero-order valence-electron chi connectivity index (χ0n) is 13.8. The number of likely N-dealkylation sites (N-methyl/N-ethyl adjacent to an activating group) is 1. The number of rotatable bonds is 4. The molecular formula is C18H25N3O2. The molecule has 2 heterocycles. The van der Waals surface area contributed by atoms with Crippen LogP contribution in [0.5, 0.6) is 0 Å². The van der Waals surface area contributed by atoms with E-state index in [9.17, 15) is 9.59 Å². The second kappa shape index (κ2) is 7.13. The van der Waals surface area contributed by atoms with Crippen LogP contribution < -0.4 is 5.32 Å². The van der Waals surface area contributed by atoms with Crippen molar-refractivity contribution >= 4 is 11.8 Å². The van der Waals surface area contributed by atoms with Crippen LogP contribution in [0.2, 0.25) is 0 Å².